The van der Waals surface area contributed by atoms with E-state index in [4.69, 9.17) is 14.2 Å². The van der Waals surface area contributed by atoms with Crippen molar-refractivity contribution >= 4 is 82.7 Å². The number of ether oxygens (including phenoxy) is 3. The summed E-state index contributed by atoms with van der Waals surface area (Å²) in [6, 6.07) is -9.90. The Balaban J connectivity index is 7.26. The molecule has 26 heteroatoms. The van der Waals surface area contributed by atoms with Gasteiger partial charge in [-0.1, -0.05) is 116 Å². The summed E-state index contributed by atoms with van der Waals surface area (Å²) in [6.45, 7) is 37.6. The Labute approximate surface area is 610 Å². The van der Waals surface area contributed by atoms with Crippen molar-refractivity contribution in [1.29, 1.82) is 0 Å². The molecular formula is C76H132N8O18. The summed E-state index contributed by atoms with van der Waals surface area (Å²) in [5.41, 5.74) is -0.892. The molecule has 14 atom stereocenters. The summed E-state index contributed by atoms with van der Waals surface area (Å²) < 4.78 is 16.6. The molecule has 584 valence electrons. The highest BCUT2D eigenvalue weighted by molar-refractivity contribution is 5.99. The number of likely N-dealkylation sites (N-methyl/N-ethyl adjacent to an activating group) is 7. The number of Topliss-reactive ketones (excluding diaryl/α,β-unsaturated/α-hetero) is 3. The van der Waals surface area contributed by atoms with Gasteiger partial charge in [0.05, 0.1) is 18.7 Å². The molecule has 0 saturated heterocycles. The Morgan fingerprint density at radius 2 is 0.971 bits per heavy atom. The maximum Gasteiger partial charge on any atom is 0.410 e. The van der Waals surface area contributed by atoms with Crippen molar-refractivity contribution < 1.29 is 86.4 Å². The molecule has 0 aliphatic carbocycles. The van der Waals surface area contributed by atoms with Crippen LogP contribution in [0.4, 0.5) is 4.79 Å². The molecule has 0 aromatic rings. The fourth-order valence-electron chi connectivity index (χ4n) is 12.7. The van der Waals surface area contributed by atoms with Gasteiger partial charge in [0, 0.05) is 99.7 Å². The number of rotatable bonds is 44. The Morgan fingerprint density at radius 1 is 0.500 bits per heavy atom. The maximum absolute atomic E-state index is 15.3. The molecule has 8 amide bonds. The van der Waals surface area contributed by atoms with E-state index in [0.29, 0.717) is 6.42 Å². The van der Waals surface area contributed by atoms with Crippen LogP contribution in [-0.4, -0.2) is 238 Å². The Kier molecular flexibility index (Phi) is 40.6. The van der Waals surface area contributed by atoms with Crippen molar-refractivity contribution in [2.75, 3.05) is 55.9 Å². The molecule has 0 unspecified atom stereocenters. The van der Waals surface area contributed by atoms with E-state index in [1.165, 1.54) is 80.8 Å². The van der Waals surface area contributed by atoms with Crippen LogP contribution in [0, 0.1) is 59.2 Å². The first-order valence-electron chi connectivity index (χ1n) is 36.5. The summed E-state index contributed by atoms with van der Waals surface area (Å²) >= 11 is 0. The van der Waals surface area contributed by atoms with Crippen LogP contribution in [-0.2, 0) is 76.5 Å². The molecule has 102 heavy (non-hydrogen) atoms. The van der Waals surface area contributed by atoms with Gasteiger partial charge in [0.15, 0.2) is 11.6 Å². The molecule has 26 nitrogen and oxygen atoms in total. The standard InChI is InChI=1S/C76H132N8O18/c1-30-33-34-49(15)66(101-53(19)85)65(67(90)77-55(31-2)70(93)78(23)52(18)74(97)98)83(28)73(96)63(47(12)13)82(27)72(95)58(39-45(8)9)81(26)71(94)57(38-44(6)7)80(25)68(91)51(17)41-59(86)50(16)40-60(87)56(37-43(4)5)79(24)69(92)54(46(10)11)42-61(88)64(48(14)35-36-62(89)100-32-3)84(29)75(99)102-76(20,21)22/h30,33,43-52,54-58,63-66H,31-32,34-42H2,1-29H3,(H,77,90)(H,97,98)/b33-30+/t48-,49-,50-,51+,52-,54+,55+,56+,57+,58+,63+,64+,65+,66-/m1/s1. The fourth-order valence-corrected chi connectivity index (χ4v) is 12.7. The van der Waals surface area contributed by atoms with Gasteiger partial charge in [0.1, 0.15) is 53.7 Å². The van der Waals surface area contributed by atoms with Crippen molar-refractivity contribution in [3.63, 3.8) is 0 Å². The lowest BCUT2D eigenvalue weighted by Crippen LogP contribution is -2.64. The fraction of sp³-hybridized carbons (Fsp3) is 0.789. The van der Waals surface area contributed by atoms with E-state index in [2.05, 4.69) is 5.32 Å². The van der Waals surface area contributed by atoms with Crippen LogP contribution >= 0.6 is 0 Å². The largest absolute Gasteiger partial charge is 0.480 e. The minimum absolute atomic E-state index is 0.0123. The number of carboxylic acids is 1. The van der Waals surface area contributed by atoms with Crippen molar-refractivity contribution in [3.8, 4) is 0 Å². The third-order valence-corrected chi connectivity index (χ3v) is 19.0. The van der Waals surface area contributed by atoms with Crippen molar-refractivity contribution in [1.82, 2.24) is 39.6 Å². The predicted molar refractivity (Wildman–Crippen MR) is 391 cm³/mol. The third kappa shape index (κ3) is 29.1. The number of hydrogen-bond acceptors (Lipinski definition) is 17. The third-order valence-electron chi connectivity index (χ3n) is 19.0. The minimum atomic E-state index is -1.60. The second kappa shape index (κ2) is 43.7. The number of nitrogens with zero attached hydrogens (tertiary/aromatic N) is 7. The van der Waals surface area contributed by atoms with Crippen LogP contribution in [0.15, 0.2) is 12.2 Å². The van der Waals surface area contributed by atoms with Gasteiger partial charge in [-0.3, -0.25) is 57.5 Å². The molecule has 0 bridgehead atoms. The van der Waals surface area contributed by atoms with Gasteiger partial charge in [0.2, 0.25) is 41.4 Å². The van der Waals surface area contributed by atoms with Crippen molar-refractivity contribution in [3.05, 3.63) is 12.2 Å². The number of allylic oxidation sites excluding steroid dienone is 2. The highest BCUT2D eigenvalue weighted by Crippen LogP contribution is 2.31. The quantitative estimate of drug-likeness (QED) is 0.0326. The predicted octanol–water partition coefficient (Wildman–Crippen LogP) is 8.91. The molecular weight excluding hydrogens is 1310 g/mol. The molecule has 2 N–H and O–H groups in total. The number of aliphatic carboxylic acids is 1. The summed E-state index contributed by atoms with van der Waals surface area (Å²) in [4.78, 5) is 206. The lowest BCUT2D eigenvalue weighted by molar-refractivity contribution is -0.164. The minimum Gasteiger partial charge on any atom is -0.480 e. The zero-order valence-electron chi connectivity index (χ0n) is 67.4. The zero-order chi connectivity index (χ0) is 79.6. The second-order valence-corrected chi connectivity index (χ2v) is 31.1. The maximum atomic E-state index is 15.3. The first-order chi connectivity index (χ1) is 46.9. The highest BCUT2D eigenvalue weighted by atomic mass is 16.6. The second-order valence-electron chi connectivity index (χ2n) is 31.1. The topological polar surface area (TPSA) is 322 Å². The van der Waals surface area contributed by atoms with Gasteiger partial charge in [0.25, 0.3) is 0 Å². The van der Waals surface area contributed by atoms with Crippen molar-refractivity contribution in [2.24, 2.45) is 59.2 Å². The molecule has 0 spiro atoms. The summed E-state index contributed by atoms with van der Waals surface area (Å²) in [5, 5.41) is 12.4. The Hall–Kier alpha value is -7.28. The number of carbonyl (C=O) groups is 14. The average Bonchev–Trinajstić information content (AvgIpc) is 0.795. The van der Waals surface area contributed by atoms with Gasteiger partial charge in [-0.2, -0.15) is 0 Å². The SMILES string of the molecule is C/C=C/C[C@@H](C)[C@@H](OC(C)=O)[C@@H](C(=O)N[C@@H](CC)C(=O)N(C)[C@H](C)C(=O)O)N(C)C(=O)[C@H](C(C)C)N(C)C(=O)[C@H](CC(C)C)N(C)C(=O)[C@H](CC(C)C)N(C)C(=O)[C@@H](C)CC(=O)[C@H](C)CC(=O)[C@H](CC(C)C)N(C)C(=O)[C@@H](CC(=O)[C@H]([C@H](C)CCC(=O)OCC)N(C)C(=O)OC(C)(C)C)C(C)C. The molecule has 0 aromatic carbocycles. The van der Waals surface area contributed by atoms with E-state index in [0.717, 1.165) is 16.7 Å². The van der Waals surface area contributed by atoms with Crippen molar-refractivity contribution in [2.45, 2.75) is 277 Å². The zero-order valence-corrected chi connectivity index (χ0v) is 67.4. The summed E-state index contributed by atoms with van der Waals surface area (Å²) in [7, 11) is 9.89. The van der Waals surface area contributed by atoms with Gasteiger partial charge in [-0.25, -0.2) is 9.59 Å². The van der Waals surface area contributed by atoms with E-state index in [-0.39, 0.29) is 82.1 Å². The molecule has 0 heterocycles. The number of amides is 8. The number of carboxylic acid groups (broad SMARTS) is 1. The van der Waals surface area contributed by atoms with E-state index < -0.39 is 184 Å². The molecule has 0 saturated carbocycles. The van der Waals surface area contributed by atoms with Gasteiger partial charge in [-0.05, 0) is 121 Å². The first kappa shape index (κ1) is 94.7. The molecule has 0 aromatic heterocycles. The number of esters is 2. The molecule has 0 aliphatic heterocycles. The van der Waals surface area contributed by atoms with E-state index in [9.17, 15) is 57.8 Å². The van der Waals surface area contributed by atoms with E-state index in [1.54, 1.807) is 109 Å². The van der Waals surface area contributed by atoms with Gasteiger partial charge >= 0.3 is 24.0 Å². The summed E-state index contributed by atoms with van der Waals surface area (Å²) in [5.74, 6) is -13.9. The Morgan fingerprint density at radius 3 is 1.41 bits per heavy atom. The number of ketones is 3. The first-order valence-corrected chi connectivity index (χ1v) is 36.5. The van der Waals surface area contributed by atoms with Gasteiger partial charge < -0.3 is 58.9 Å². The number of nitrogens with one attached hydrogen (secondary N) is 1. The molecule has 0 rings (SSSR count). The van der Waals surface area contributed by atoms with Crippen LogP contribution in [0.25, 0.3) is 0 Å². The monoisotopic (exact) mass is 1440 g/mol. The van der Waals surface area contributed by atoms with Crippen LogP contribution in [0.3, 0.4) is 0 Å². The van der Waals surface area contributed by atoms with Crippen LogP contribution in [0.1, 0.15) is 217 Å². The van der Waals surface area contributed by atoms with Gasteiger partial charge in [-0.15, -0.1) is 0 Å². The Bertz CT molecular complexity index is 2870. The molecule has 0 fully saturated rings. The lowest BCUT2D eigenvalue weighted by Gasteiger charge is -2.42. The molecule has 0 aliphatic rings. The van der Waals surface area contributed by atoms with E-state index in [1.807, 2.05) is 41.5 Å². The molecule has 0 radical (unpaired) electrons. The average molecular weight is 1450 g/mol. The number of hydrogen-bond donors (Lipinski definition) is 2. The number of carbonyl (C=O) groups excluding carboxylic acids is 13. The smallest absolute Gasteiger partial charge is 0.410 e. The van der Waals surface area contributed by atoms with Crippen LogP contribution in [0.2, 0.25) is 0 Å². The summed E-state index contributed by atoms with van der Waals surface area (Å²) in [6.07, 6.45) is 1.57. The highest BCUT2D eigenvalue weighted by Gasteiger charge is 2.47. The van der Waals surface area contributed by atoms with Crippen LogP contribution in [0.5, 0.6) is 0 Å². The normalized spacial score (nSPS) is 16.0. The lowest BCUT2D eigenvalue weighted by atomic mass is 9.83. The van der Waals surface area contributed by atoms with Crippen LogP contribution < -0.4 is 5.32 Å². The van der Waals surface area contributed by atoms with E-state index >= 15 is 14.4 Å².